The van der Waals surface area contributed by atoms with Gasteiger partial charge in [-0.2, -0.15) is 0 Å². The summed E-state index contributed by atoms with van der Waals surface area (Å²) in [6, 6.07) is 0. The van der Waals surface area contributed by atoms with E-state index in [0.29, 0.717) is 12.8 Å². The van der Waals surface area contributed by atoms with Crippen molar-refractivity contribution in [2.75, 3.05) is 0 Å². The Morgan fingerprint density at radius 3 is 1.73 bits per heavy atom. The number of carbonyl (C=O) groups excluding carboxylic acids is 2. The van der Waals surface area contributed by atoms with Crippen molar-refractivity contribution in [3.05, 3.63) is 12.2 Å². The summed E-state index contributed by atoms with van der Waals surface area (Å²) in [7, 11) is 0. The molecule has 0 N–H and O–H groups in total. The Morgan fingerprint density at radius 1 is 0.818 bits per heavy atom. The fourth-order valence-electron chi connectivity index (χ4n) is 1.13. The molecule has 0 fully saturated rings. The molecule has 0 bridgehead atoms. The van der Waals surface area contributed by atoms with Gasteiger partial charge in [-0.25, -0.2) is 0 Å². The summed E-state index contributed by atoms with van der Waals surface area (Å²) in [6.45, 7) is 0. The molecule has 0 aliphatic heterocycles. The average molecular weight is 152 g/mol. The van der Waals surface area contributed by atoms with Crippen molar-refractivity contribution in [2.45, 2.75) is 32.1 Å². The Morgan fingerprint density at radius 2 is 1.27 bits per heavy atom. The van der Waals surface area contributed by atoms with Crippen LogP contribution in [0.2, 0.25) is 0 Å². The molecule has 1 aliphatic carbocycles. The zero-order valence-electron chi connectivity index (χ0n) is 6.51. The van der Waals surface area contributed by atoms with Gasteiger partial charge >= 0.3 is 0 Å². The fourth-order valence-corrected chi connectivity index (χ4v) is 1.13. The largest absolute Gasteiger partial charge is 0.295 e. The SMILES string of the molecule is O=C1/C=C\C(=O)CCCCC1. The molecule has 2 nitrogen and oxygen atoms in total. The molecule has 1 aliphatic rings. The lowest BCUT2D eigenvalue weighted by Gasteiger charge is -1.93. The molecule has 2 heteroatoms. The van der Waals surface area contributed by atoms with Crippen molar-refractivity contribution in [1.29, 1.82) is 0 Å². The molecule has 0 amide bonds. The summed E-state index contributed by atoms with van der Waals surface area (Å²) in [4.78, 5) is 21.8. The van der Waals surface area contributed by atoms with Gasteiger partial charge in [0.05, 0.1) is 0 Å². The van der Waals surface area contributed by atoms with Crippen LogP contribution < -0.4 is 0 Å². The molecule has 60 valence electrons. The summed E-state index contributed by atoms with van der Waals surface area (Å²) < 4.78 is 0. The minimum Gasteiger partial charge on any atom is -0.295 e. The van der Waals surface area contributed by atoms with Crippen LogP contribution in [0.5, 0.6) is 0 Å². The van der Waals surface area contributed by atoms with Crippen molar-refractivity contribution in [3.8, 4) is 0 Å². The Labute approximate surface area is 66.3 Å². The second kappa shape index (κ2) is 4.06. The topological polar surface area (TPSA) is 34.1 Å². The molecule has 1 rings (SSSR count). The highest BCUT2D eigenvalue weighted by Gasteiger charge is 2.03. The summed E-state index contributed by atoms with van der Waals surface area (Å²) in [5.41, 5.74) is 0. The van der Waals surface area contributed by atoms with E-state index in [4.69, 9.17) is 0 Å². The minimum absolute atomic E-state index is 0.0836. The molecule has 0 unspecified atom stereocenters. The number of rotatable bonds is 0. The summed E-state index contributed by atoms with van der Waals surface area (Å²) in [5, 5.41) is 0. The number of ketones is 2. The zero-order chi connectivity index (χ0) is 8.10. The maximum atomic E-state index is 10.9. The van der Waals surface area contributed by atoms with Gasteiger partial charge in [0.25, 0.3) is 0 Å². The lowest BCUT2D eigenvalue weighted by atomic mass is 10.1. The van der Waals surface area contributed by atoms with Crippen LogP contribution in [0.4, 0.5) is 0 Å². The quantitative estimate of drug-likeness (QED) is 0.528. The first-order valence-corrected chi connectivity index (χ1v) is 4.03. The number of hydrogen-bond acceptors (Lipinski definition) is 2. The van der Waals surface area contributed by atoms with E-state index in [0.717, 1.165) is 19.3 Å². The molecule has 0 atom stereocenters. The second-order valence-corrected chi connectivity index (χ2v) is 2.83. The van der Waals surface area contributed by atoms with Crippen LogP contribution in [0.25, 0.3) is 0 Å². The van der Waals surface area contributed by atoms with Crippen LogP contribution in [-0.2, 0) is 9.59 Å². The van der Waals surface area contributed by atoms with Gasteiger partial charge in [-0.05, 0) is 25.0 Å². The fraction of sp³-hybridized carbons (Fsp3) is 0.556. The Kier molecular flexibility index (Phi) is 3.02. The van der Waals surface area contributed by atoms with Crippen molar-refractivity contribution in [3.63, 3.8) is 0 Å². The number of allylic oxidation sites excluding steroid dienone is 2. The van der Waals surface area contributed by atoms with Crippen LogP contribution >= 0.6 is 0 Å². The summed E-state index contributed by atoms with van der Waals surface area (Å²) in [5.74, 6) is 0.167. The first kappa shape index (κ1) is 8.18. The van der Waals surface area contributed by atoms with Crippen molar-refractivity contribution < 1.29 is 9.59 Å². The second-order valence-electron chi connectivity index (χ2n) is 2.83. The molecule has 0 saturated carbocycles. The van der Waals surface area contributed by atoms with E-state index in [9.17, 15) is 9.59 Å². The third-order valence-corrected chi connectivity index (χ3v) is 1.80. The van der Waals surface area contributed by atoms with Gasteiger partial charge < -0.3 is 0 Å². The maximum absolute atomic E-state index is 10.9. The highest BCUT2D eigenvalue weighted by atomic mass is 16.1. The van der Waals surface area contributed by atoms with Crippen molar-refractivity contribution >= 4 is 11.6 Å². The van der Waals surface area contributed by atoms with Gasteiger partial charge in [0.1, 0.15) is 0 Å². The molecule has 0 aromatic rings. The van der Waals surface area contributed by atoms with Gasteiger partial charge in [-0.15, -0.1) is 0 Å². The van der Waals surface area contributed by atoms with Crippen LogP contribution in [0.1, 0.15) is 32.1 Å². The van der Waals surface area contributed by atoms with E-state index in [1.165, 1.54) is 12.2 Å². The number of carbonyl (C=O) groups is 2. The maximum Gasteiger partial charge on any atom is 0.155 e. The number of hydrogen-bond donors (Lipinski definition) is 0. The highest BCUT2D eigenvalue weighted by molar-refractivity contribution is 5.98. The average Bonchev–Trinajstić information content (AvgIpc) is 2.06. The van der Waals surface area contributed by atoms with E-state index in [1.807, 2.05) is 0 Å². The van der Waals surface area contributed by atoms with E-state index >= 15 is 0 Å². The van der Waals surface area contributed by atoms with Crippen LogP contribution in [0.15, 0.2) is 12.2 Å². The normalized spacial score (nSPS) is 23.6. The standard InChI is InChI=1S/C9H12O2/c10-8-4-2-1-3-5-9(11)7-6-8/h6-7H,1-5H2/b7-6-. The minimum atomic E-state index is 0.0836. The third-order valence-electron chi connectivity index (χ3n) is 1.80. The van der Waals surface area contributed by atoms with Crippen LogP contribution in [-0.4, -0.2) is 11.6 Å². The molecule has 0 saturated heterocycles. The Hall–Kier alpha value is -0.920. The molecule has 0 radical (unpaired) electrons. The van der Waals surface area contributed by atoms with Gasteiger partial charge in [0.2, 0.25) is 0 Å². The van der Waals surface area contributed by atoms with Gasteiger partial charge in [0, 0.05) is 12.8 Å². The van der Waals surface area contributed by atoms with Gasteiger partial charge in [-0.1, -0.05) is 6.42 Å². The summed E-state index contributed by atoms with van der Waals surface area (Å²) in [6.07, 6.45) is 6.88. The van der Waals surface area contributed by atoms with Crippen LogP contribution in [0.3, 0.4) is 0 Å². The van der Waals surface area contributed by atoms with Gasteiger partial charge in [-0.3, -0.25) is 9.59 Å². The molecule has 0 spiro atoms. The van der Waals surface area contributed by atoms with Crippen LogP contribution in [0, 0.1) is 0 Å². The van der Waals surface area contributed by atoms with Crippen molar-refractivity contribution in [1.82, 2.24) is 0 Å². The first-order chi connectivity index (χ1) is 5.29. The van der Waals surface area contributed by atoms with E-state index in [2.05, 4.69) is 0 Å². The molecular weight excluding hydrogens is 140 g/mol. The van der Waals surface area contributed by atoms with E-state index < -0.39 is 0 Å². The third kappa shape index (κ3) is 3.12. The predicted octanol–water partition coefficient (Wildman–Crippen LogP) is 1.64. The van der Waals surface area contributed by atoms with E-state index in [-0.39, 0.29) is 11.6 Å². The Balaban J connectivity index is 2.53. The predicted molar refractivity (Wildman–Crippen MR) is 42.2 cm³/mol. The molecule has 0 aromatic heterocycles. The monoisotopic (exact) mass is 152 g/mol. The summed E-state index contributed by atoms with van der Waals surface area (Å²) >= 11 is 0. The molecule has 11 heavy (non-hydrogen) atoms. The smallest absolute Gasteiger partial charge is 0.155 e. The van der Waals surface area contributed by atoms with E-state index in [1.54, 1.807) is 0 Å². The lowest BCUT2D eigenvalue weighted by molar-refractivity contribution is -0.116. The van der Waals surface area contributed by atoms with Crippen molar-refractivity contribution in [2.24, 2.45) is 0 Å². The lowest BCUT2D eigenvalue weighted by Crippen LogP contribution is -1.92. The first-order valence-electron chi connectivity index (χ1n) is 4.03. The zero-order valence-corrected chi connectivity index (χ0v) is 6.51. The molecule has 0 aromatic carbocycles. The van der Waals surface area contributed by atoms with Gasteiger partial charge in [0.15, 0.2) is 11.6 Å². The molecular formula is C9H12O2. The molecule has 0 heterocycles. The highest BCUT2D eigenvalue weighted by Crippen LogP contribution is 2.07. The Bertz CT molecular complexity index is 172.